The van der Waals surface area contributed by atoms with Crippen LogP contribution in [0.3, 0.4) is 0 Å². The van der Waals surface area contributed by atoms with E-state index in [0.717, 1.165) is 11.1 Å². The number of benzene rings is 3. The summed E-state index contributed by atoms with van der Waals surface area (Å²) in [5, 5.41) is 2.81. The standard InChI is InChI=1S/C32H35NO6/c1-23(2)20-29(32(37)38-22-25-14-8-4-9-15-25)39-30(35)19-18-28(34)27(21-24-12-6-3-7-13-24)33-31(36)26-16-10-5-11-17-26/h3-17,23,27,29H,18-22H2,1-2H3,(H,33,36)/t27-,29?/m0/s1. The number of hydrogen-bond donors (Lipinski definition) is 1. The minimum Gasteiger partial charge on any atom is -0.458 e. The van der Waals surface area contributed by atoms with Gasteiger partial charge < -0.3 is 14.8 Å². The van der Waals surface area contributed by atoms with Gasteiger partial charge in [-0.2, -0.15) is 0 Å². The van der Waals surface area contributed by atoms with E-state index >= 15 is 0 Å². The van der Waals surface area contributed by atoms with Crippen molar-refractivity contribution in [2.75, 3.05) is 0 Å². The minimum absolute atomic E-state index is 0.0760. The summed E-state index contributed by atoms with van der Waals surface area (Å²) in [6.45, 7) is 3.91. The summed E-state index contributed by atoms with van der Waals surface area (Å²) in [6, 6.07) is 26.4. The topological polar surface area (TPSA) is 98.8 Å². The smallest absolute Gasteiger partial charge is 0.347 e. The van der Waals surface area contributed by atoms with Gasteiger partial charge in [0.15, 0.2) is 11.9 Å². The van der Waals surface area contributed by atoms with Crippen LogP contribution in [0.4, 0.5) is 0 Å². The van der Waals surface area contributed by atoms with Crippen LogP contribution in [0.2, 0.25) is 0 Å². The van der Waals surface area contributed by atoms with Crippen LogP contribution < -0.4 is 5.32 Å². The lowest BCUT2D eigenvalue weighted by molar-refractivity contribution is -0.170. The highest BCUT2D eigenvalue weighted by Gasteiger charge is 2.27. The lowest BCUT2D eigenvalue weighted by Gasteiger charge is -2.20. The molecular formula is C32H35NO6. The van der Waals surface area contributed by atoms with E-state index in [1.54, 1.807) is 30.3 Å². The Morgan fingerprint density at radius 2 is 1.31 bits per heavy atom. The molecule has 0 spiro atoms. The molecule has 1 amide bonds. The Balaban J connectivity index is 1.59. The van der Waals surface area contributed by atoms with Crippen LogP contribution in [0.25, 0.3) is 0 Å². The molecule has 0 radical (unpaired) electrons. The molecule has 3 rings (SSSR count). The third-order valence-corrected chi connectivity index (χ3v) is 6.03. The van der Waals surface area contributed by atoms with Gasteiger partial charge in [0.25, 0.3) is 5.91 Å². The van der Waals surface area contributed by atoms with E-state index < -0.39 is 24.1 Å². The lowest BCUT2D eigenvalue weighted by atomic mass is 9.99. The largest absolute Gasteiger partial charge is 0.458 e. The molecular weight excluding hydrogens is 494 g/mol. The molecule has 0 bridgehead atoms. The van der Waals surface area contributed by atoms with Crippen LogP contribution in [0.1, 0.15) is 54.6 Å². The molecule has 3 aromatic carbocycles. The Labute approximate surface area is 229 Å². The number of nitrogens with one attached hydrogen (secondary N) is 1. The first kappa shape index (κ1) is 29.3. The number of hydrogen-bond acceptors (Lipinski definition) is 6. The van der Waals surface area contributed by atoms with E-state index in [1.807, 2.05) is 74.5 Å². The van der Waals surface area contributed by atoms with Gasteiger partial charge in [-0.1, -0.05) is 92.7 Å². The predicted molar refractivity (Wildman–Crippen MR) is 148 cm³/mol. The first-order valence-electron chi connectivity index (χ1n) is 13.1. The van der Waals surface area contributed by atoms with Crippen molar-refractivity contribution in [2.24, 2.45) is 5.92 Å². The summed E-state index contributed by atoms with van der Waals surface area (Å²) < 4.78 is 10.8. The fraction of sp³-hybridized carbons (Fsp3) is 0.312. The molecule has 204 valence electrons. The second kappa shape index (κ2) is 15.2. The molecule has 7 nitrogen and oxygen atoms in total. The van der Waals surface area contributed by atoms with Crippen LogP contribution in [0.15, 0.2) is 91.0 Å². The highest BCUT2D eigenvalue weighted by atomic mass is 16.6. The quantitative estimate of drug-likeness (QED) is 0.293. The molecule has 0 heterocycles. The number of ether oxygens (including phenoxy) is 2. The average molecular weight is 530 g/mol. The number of amides is 1. The van der Waals surface area contributed by atoms with Crippen molar-refractivity contribution in [1.82, 2.24) is 5.32 Å². The fourth-order valence-electron chi connectivity index (χ4n) is 3.99. The van der Waals surface area contributed by atoms with E-state index in [9.17, 15) is 19.2 Å². The Bertz CT molecular complexity index is 1210. The van der Waals surface area contributed by atoms with Crippen molar-refractivity contribution < 1.29 is 28.7 Å². The van der Waals surface area contributed by atoms with E-state index in [-0.39, 0.29) is 43.5 Å². The maximum Gasteiger partial charge on any atom is 0.347 e. The molecule has 0 aromatic heterocycles. The monoisotopic (exact) mass is 529 g/mol. The first-order valence-corrected chi connectivity index (χ1v) is 13.1. The van der Waals surface area contributed by atoms with Gasteiger partial charge in [-0.25, -0.2) is 4.79 Å². The summed E-state index contributed by atoms with van der Waals surface area (Å²) in [7, 11) is 0. The number of carbonyl (C=O) groups excluding carboxylic acids is 4. The van der Waals surface area contributed by atoms with Gasteiger partial charge in [-0.15, -0.1) is 0 Å². The number of carbonyl (C=O) groups is 4. The van der Waals surface area contributed by atoms with E-state index in [1.165, 1.54) is 0 Å². The SMILES string of the molecule is CC(C)CC(OC(=O)CCC(=O)[C@H](Cc1ccccc1)NC(=O)c1ccccc1)C(=O)OCc1ccccc1. The van der Waals surface area contributed by atoms with Gasteiger partial charge in [0.2, 0.25) is 0 Å². The summed E-state index contributed by atoms with van der Waals surface area (Å²) in [4.78, 5) is 51.3. The molecule has 1 unspecified atom stereocenters. The van der Waals surface area contributed by atoms with Gasteiger partial charge in [0, 0.05) is 12.0 Å². The van der Waals surface area contributed by atoms with Crippen molar-refractivity contribution >= 4 is 23.6 Å². The van der Waals surface area contributed by atoms with Crippen LogP contribution in [0.5, 0.6) is 0 Å². The highest BCUT2D eigenvalue weighted by molar-refractivity contribution is 5.98. The third-order valence-electron chi connectivity index (χ3n) is 6.03. The fourth-order valence-corrected chi connectivity index (χ4v) is 3.99. The maximum atomic E-state index is 13.2. The Morgan fingerprint density at radius 1 is 0.744 bits per heavy atom. The Morgan fingerprint density at radius 3 is 1.90 bits per heavy atom. The van der Waals surface area contributed by atoms with Gasteiger partial charge >= 0.3 is 11.9 Å². The van der Waals surface area contributed by atoms with Crippen molar-refractivity contribution in [1.29, 1.82) is 0 Å². The van der Waals surface area contributed by atoms with Crippen LogP contribution in [0, 0.1) is 5.92 Å². The van der Waals surface area contributed by atoms with Crippen molar-refractivity contribution in [3.8, 4) is 0 Å². The number of Topliss-reactive ketones (excluding diaryl/α,β-unsaturated/α-hetero) is 1. The second-order valence-corrected chi connectivity index (χ2v) is 9.75. The Hall–Kier alpha value is -4.26. The molecule has 2 atom stereocenters. The average Bonchev–Trinajstić information content (AvgIpc) is 2.95. The number of ketones is 1. The van der Waals surface area contributed by atoms with Crippen molar-refractivity contribution in [3.63, 3.8) is 0 Å². The molecule has 0 saturated heterocycles. The van der Waals surface area contributed by atoms with Gasteiger partial charge in [0.1, 0.15) is 6.61 Å². The van der Waals surface area contributed by atoms with E-state index in [2.05, 4.69) is 5.32 Å². The van der Waals surface area contributed by atoms with Gasteiger partial charge in [-0.05, 0) is 42.0 Å². The third kappa shape index (κ3) is 10.2. The summed E-state index contributed by atoms with van der Waals surface area (Å²) in [5.41, 5.74) is 2.14. The number of esters is 2. The zero-order valence-electron chi connectivity index (χ0n) is 22.4. The van der Waals surface area contributed by atoms with Crippen LogP contribution >= 0.6 is 0 Å². The molecule has 7 heteroatoms. The maximum absolute atomic E-state index is 13.2. The zero-order chi connectivity index (χ0) is 28.0. The molecule has 0 saturated carbocycles. The molecule has 0 aliphatic rings. The molecule has 0 fully saturated rings. The van der Waals surface area contributed by atoms with E-state index in [4.69, 9.17) is 9.47 Å². The number of rotatable bonds is 14. The summed E-state index contributed by atoms with van der Waals surface area (Å²) in [5.74, 6) is -1.88. The summed E-state index contributed by atoms with van der Waals surface area (Å²) in [6.07, 6.45) is -0.828. The molecule has 39 heavy (non-hydrogen) atoms. The predicted octanol–water partition coefficient (Wildman–Crippen LogP) is 5.08. The van der Waals surface area contributed by atoms with E-state index in [0.29, 0.717) is 12.0 Å². The first-order chi connectivity index (χ1) is 18.8. The zero-order valence-corrected chi connectivity index (χ0v) is 22.4. The minimum atomic E-state index is -1.06. The molecule has 3 aromatic rings. The molecule has 1 N–H and O–H groups in total. The van der Waals surface area contributed by atoms with Gasteiger partial charge in [-0.3, -0.25) is 14.4 Å². The van der Waals surface area contributed by atoms with Gasteiger partial charge in [0.05, 0.1) is 12.5 Å². The molecule has 0 aliphatic carbocycles. The Kier molecular flexibility index (Phi) is 11.4. The lowest BCUT2D eigenvalue weighted by Crippen LogP contribution is -2.42. The summed E-state index contributed by atoms with van der Waals surface area (Å²) >= 11 is 0. The second-order valence-electron chi connectivity index (χ2n) is 9.75. The van der Waals surface area contributed by atoms with Crippen LogP contribution in [-0.2, 0) is 36.9 Å². The van der Waals surface area contributed by atoms with Crippen molar-refractivity contribution in [3.05, 3.63) is 108 Å². The molecule has 0 aliphatic heterocycles. The van der Waals surface area contributed by atoms with Crippen molar-refractivity contribution in [2.45, 2.75) is 58.3 Å². The highest BCUT2D eigenvalue weighted by Crippen LogP contribution is 2.14. The van der Waals surface area contributed by atoms with Crippen LogP contribution in [-0.4, -0.2) is 35.8 Å². The normalized spacial score (nSPS) is 12.3.